The molecule has 2 N–H and O–H groups in total. The molecular weight excluding hydrogens is 469 g/mol. The Morgan fingerprint density at radius 3 is 2.42 bits per heavy atom. The number of methoxy groups -OCH3 is 2. The third-order valence-electron chi connectivity index (χ3n) is 4.83. The van der Waals surface area contributed by atoms with Crippen LogP contribution in [0.2, 0.25) is 15.1 Å². The number of aliphatic hydroxyl groups excluding tert-OH is 1. The normalized spacial score (nSPS) is 18.0. The summed E-state index contributed by atoms with van der Waals surface area (Å²) in [5.41, 5.74) is 0.269. The van der Waals surface area contributed by atoms with Crippen LogP contribution < -0.4 is 4.74 Å². The monoisotopic (exact) mass is 485 g/mol. The van der Waals surface area contributed by atoms with E-state index >= 15 is 0 Å². The van der Waals surface area contributed by atoms with E-state index in [1.165, 1.54) is 49.5 Å². The van der Waals surface area contributed by atoms with Crippen molar-refractivity contribution in [2.75, 3.05) is 27.4 Å². The summed E-state index contributed by atoms with van der Waals surface area (Å²) in [4.78, 5) is 27.0. The van der Waals surface area contributed by atoms with Crippen LogP contribution in [0.3, 0.4) is 0 Å². The fourth-order valence-corrected chi connectivity index (χ4v) is 4.19. The van der Waals surface area contributed by atoms with Crippen molar-refractivity contribution in [3.63, 3.8) is 0 Å². The third-order valence-corrected chi connectivity index (χ3v) is 5.63. The molecule has 31 heavy (non-hydrogen) atoms. The quantitative estimate of drug-likeness (QED) is 0.356. The molecule has 0 bridgehead atoms. The first-order valence-corrected chi connectivity index (χ1v) is 10.1. The first-order valence-electron chi connectivity index (χ1n) is 9.00. The lowest BCUT2D eigenvalue weighted by Crippen LogP contribution is -2.32. The van der Waals surface area contributed by atoms with E-state index in [9.17, 15) is 19.8 Å². The van der Waals surface area contributed by atoms with E-state index in [1.807, 2.05) is 0 Å². The van der Waals surface area contributed by atoms with Crippen LogP contribution in [0.5, 0.6) is 11.5 Å². The Morgan fingerprint density at radius 2 is 1.81 bits per heavy atom. The van der Waals surface area contributed by atoms with Crippen LogP contribution in [0.25, 0.3) is 5.76 Å². The molecule has 3 rings (SSSR count). The number of ketones is 1. The summed E-state index contributed by atoms with van der Waals surface area (Å²) in [5.74, 6) is -2.30. The molecule has 2 aromatic carbocycles. The van der Waals surface area contributed by atoms with E-state index in [2.05, 4.69) is 0 Å². The number of phenolic OH excluding ortho intramolecular Hbond substituents is 1. The highest BCUT2D eigenvalue weighted by Crippen LogP contribution is 2.44. The molecule has 0 saturated carbocycles. The smallest absolute Gasteiger partial charge is 0.295 e. The van der Waals surface area contributed by atoms with Crippen molar-refractivity contribution in [2.45, 2.75) is 6.04 Å². The van der Waals surface area contributed by atoms with Crippen molar-refractivity contribution in [2.24, 2.45) is 0 Å². The van der Waals surface area contributed by atoms with Crippen LogP contribution in [-0.2, 0) is 14.3 Å². The third kappa shape index (κ3) is 4.32. The lowest BCUT2D eigenvalue weighted by atomic mass is 9.95. The molecule has 2 aromatic rings. The number of likely N-dealkylation sites (tertiary alicyclic amines) is 1. The number of nitrogens with zero attached hydrogens (tertiary/aromatic N) is 1. The van der Waals surface area contributed by atoms with Crippen molar-refractivity contribution in [3.05, 3.63) is 62.1 Å². The Kier molecular flexibility index (Phi) is 7.01. The predicted octanol–water partition coefficient (Wildman–Crippen LogP) is 4.43. The van der Waals surface area contributed by atoms with Gasteiger partial charge in [-0.25, -0.2) is 0 Å². The molecule has 10 heteroatoms. The van der Waals surface area contributed by atoms with Gasteiger partial charge in [0, 0.05) is 18.7 Å². The van der Waals surface area contributed by atoms with Crippen LogP contribution in [0, 0.1) is 0 Å². The minimum absolute atomic E-state index is 0.0261. The number of hydrogen-bond acceptors (Lipinski definition) is 6. The zero-order chi connectivity index (χ0) is 22.9. The number of Topliss-reactive ketones (excluding diaryl/α,β-unsaturated/α-hetero) is 1. The summed E-state index contributed by atoms with van der Waals surface area (Å²) < 4.78 is 10.3. The standard InChI is InChI=1S/C21H18Cl3NO6/c1-30-6-5-25-17(10-3-4-15(26)13(23)7-10)16(19(28)21(25)29)18(27)12-8-11(22)9-14(24)20(12)31-2/h3-4,7-9,17,26-27H,5-6H2,1-2H3/b18-16+. The fraction of sp³-hybridized carbons (Fsp3) is 0.238. The highest BCUT2D eigenvalue weighted by molar-refractivity contribution is 6.47. The minimum Gasteiger partial charge on any atom is -0.507 e. The number of carbonyl (C=O) groups excluding carboxylic acids is 2. The van der Waals surface area contributed by atoms with Crippen LogP contribution in [-0.4, -0.2) is 54.2 Å². The van der Waals surface area contributed by atoms with Gasteiger partial charge in [-0.3, -0.25) is 9.59 Å². The van der Waals surface area contributed by atoms with Crippen LogP contribution >= 0.6 is 34.8 Å². The number of aromatic hydroxyl groups is 1. The number of aliphatic hydroxyl groups is 1. The molecule has 0 radical (unpaired) electrons. The maximum Gasteiger partial charge on any atom is 0.295 e. The second-order valence-corrected chi connectivity index (χ2v) is 7.92. The molecule has 1 fully saturated rings. The number of amides is 1. The van der Waals surface area contributed by atoms with E-state index in [0.717, 1.165) is 0 Å². The molecule has 0 aromatic heterocycles. The molecule has 1 aliphatic rings. The van der Waals surface area contributed by atoms with Crippen LogP contribution in [0.15, 0.2) is 35.9 Å². The molecule has 164 valence electrons. The van der Waals surface area contributed by atoms with Crippen molar-refractivity contribution < 1.29 is 29.3 Å². The van der Waals surface area contributed by atoms with Gasteiger partial charge in [-0.2, -0.15) is 0 Å². The molecule has 0 aliphatic carbocycles. The first-order chi connectivity index (χ1) is 14.7. The number of rotatable bonds is 6. The average Bonchev–Trinajstić information content (AvgIpc) is 2.97. The van der Waals surface area contributed by atoms with Crippen LogP contribution in [0.1, 0.15) is 17.2 Å². The fourth-order valence-electron chi connectivity index (χ4n) is 3.43. The Morgan fingerprint density at radius 1 is 1.10 bits per heavy atom. The SMILES string of the molecule is COCCN1C(=O)C(=O)/C(=C(/O)c2cc(Cl)cc(Cl)c2OC)C1c1ccc(O)c(Cl)c1. The lowest BCUT2D eigenvalue weighted by Gasteiger charge is -2.25. The molecule has 1 atom stereocenters. The largest absolute Gasteiger partial charge is 0.507 e. The van der Waals surface area contributed by atoms with Crippen molar-refractivity contribution in [1.29, 1.82) is 0 Å². The number of hydrogen-bond donors (Lipinski definition) is 2. The van der Waals surface area contributed by atoms with Crippen LogP contribution in [0.4, 0.5) is 0 Å². The van der Waals surface area contributed by atoms with Gasteiger partial charge in [0.25, 0.3) is 11.7 Å². The van der Waals surface area contributed by atoms with E-state index in [0.29, 0.717) is 5.56 Å². The molecule has 1 aliphatic heterocycles. The zero-order valence-electron chi connectivity index (χ0n) is 16.5. The van der Waals surface area contributed by atoms with Crippen molar-refractivity contribution in [3.8, 4) is 11.5 Å². The summed E-state index contributed by atoms with van der Waals surface area (Å²) in [6.07, 6.45) is 0. The second-order valence-electron chi connectivity index (χ2n) is 6.66. The van der Waals surface area contributed by atoms with E-state index in [4.69, 9.17) is 44.3 Å². The predicted molar refractivity (Wildman–Crippen MR) is 117 cm³/mol. The first kappa shape index (κ1) is 23.2. The van der Waals surface area contributed by atoms with Gasteiger partial charge in [0.1, 0.15) is 17.3 Å². The number of phenols is 1. The summed E-state index contributed by atoms with van der Waals surface area (Å²) in [6, 6.07) is 6.08. The molecular formula is C21H18Cl3NO6. The molecule has 1 saturated heterocycles. The van der Waals surface area contributed by atoms with E-state index in [-0.39, 0.29) is 50.9 Å². The lowest BCUT2D eigenvalue weighted by molar-refractivity contribution is -0.140. The molecule has 0 spiro atoms. The summed E-state index contributed by atoms with van der Waals surface area (Å²) in [6.45, 7) is 0.232. The van der Waals surface area contributed by atoms with Gasteiger partial charge in [-0.05, 0) is 29.8 Å². The topological polar surface area (TPSA) is 96.3 Å². The summed E-state index contributed by atoms with van der Waals surface area (Å²) >= 11 is 18.3. The van der Waals surface area contributed by atoms with Crippen molar-refractivity contribution in [1.82, 2.24) is 4.90 Å². The van der Waals surface area contributed by atoms with E-state index in [1.54, 1.807) is 0 Å². The summed E-state index contributed by atoms with van der Waals surface area (Å²) in [7, 11) is 2.81. The highest BCUT2D eigenvalue weighted by atomic mass is 35.5. The average molecular weight is 487 g/mol. The Labute approximate surface area is 193 Å². The van der Waals surface area contributed by atoms with Gasteiger partial charge in [-0.15, -0.1) is 0 Å². The Hall–Kier alpha value is -2.45. The number of carbonyl (C=O) groups is 2. The highest BCUT2D eigenvalue weighted by Gasteiger charge is 2.46. The van der Waals surface area contributed by atoms with Gasteiger partial charge in [-0.1, -0.05) is 40.9 Å². The summed E-state index contributed by atoms with van der Waals surface area (Å²) in [5, 5.41) is 21.3. The number of halogens is 3. The zero-order valence-corrected chi connectivity index (χ0v) is 18.8. The van der Waals surface area contributed by atoms with Gasteiger partial charge in [0.05, 0.1) is 40.9 Å². The maximum atomic E-state index is 13.0. The Bertz CT molecular complexity index is 1090. The number of ether oxygens (including phenoxy) is 2. The van der Waals surface area contributed by atoms with E-state index < -0.39 is 23.5 Å². The number of benzene rings is 2. The van der Waals surface area contributed by atoms with Gasteiger partial charge >= 0.3 is 0 Å². The van der Waals surface area contributed by atoms with Gasteiger partial charge in [0.15, 0.2) is 0 Å². The molecule has 1 amide bonds. The van der Waals surface area contributed by atoms with Crippen molar-refractivity contribution >= 4 is 52.3 Å². The minimum atomic E-state index is -0.990. The van der Waals surface area contributed by atoms with Gasteiger partial charge in [0.2, 0.25) is 0 Å². The molecule has 1 heterocycles. The van der Waals surface area contributed by atoms with Gasteiger partial charge < -0.3 is 24.6 Å². The Balaban J connectivity index is 2.28. The second kappa shape index (κ2) is 9.36. The maximum absolute atomic E-state index is 13.0. The molecule has 7 nitrogen and oxygen atoms in total. The molecule has 1 unspecified atom stereocenters.